The van der Waals surface area contributed by atoms with Gasteiger partial charge in [-0.15, -0.1) is 0 Å². The van der Waals surface area contributed by atoms with Crippen molar-refractivity contribution >= 4 is 11.4 Å². The Balaban J connectivity index is 2.18. The van der Waals surface area contributed by atoms with Gasteiger partial charge in [0.15, 0.2) is 0 Å². The van der Waals surface area contributed by atoms with E-state index in [1.165, 1.54) is 0 Å². The fourth-order valence-corrected chi connectivity index (χ4v) is 2.41. The summed E-state index contributed by atoms with van der Waals surface area (Å²) in [6.07, 6.45) is 1.89. The van der Waals surface area contributed by atoms with Gasteiger partial charge in [-0.05, 0) is 31.2 Å². The van der Waals surface area contributed by atoms with Crippen LogP contribution in [0.1, 0.15) is 18.4 Å². The molecule has 0 bridgehead atoms. The van der Waals surface area contributed by atoms with Gasteiger partial charge in [-0.2, -0.15) is 0 Å². The largest absolute Gasteiger partial charge is 0.396 e. The van der Waals surface area contributed by atoms with E-state index in [1.54, 1.807) is 18.2 Å². The second-order valence-electron chi connectivity index (χ2n) is 4.84. The van der Waals surface area contributed by atoms with Crippen molar-refractivity contribution < 1.29 is 10.0 Å². The maximum absolute atomic E-state index is 10.8. The van der Waals surface area contributed by atoms with Crippen LogP contribution in [-0.2, 0) is 0 Å². The van der Waals surface area contributed by atoms with Gasteiger partial charge in [0, 0.05) is 37.5 Å². The summed E-state index contributed by atoms with van der Waals surface area (Å²) >= 11 is 0. The molecule has 5 nitrogen and oxygen atoms in total. The molecule has 1 aliphatic heterocycles. The van der Waals surface area contributed by atoms with E-state index in [0.717, 1.165) is 37.2 Å². The van der Waals surface area contributed by atoms with E-state index in [2.05, 4.69) is 4.90 Å². The molecule has 5 heteroatoms. The number of hydrogen-bond donors (Lipinski definition) is 1. The molecule has 0 spiro atoms. The molecule has 2 rings (SSSR count). The third-order valence-corrected chi connectivity index (χ3v) is 3.62. The normalized spacial score (nSPS) is 16.9. The van der Waals surface area contributed by atoms with Crippen molar-refractivity contribution in [2.24, 2.45) is 5.92 Å². The van der Waals surface area contributed by atoms with Crippen LogP contribution in [0.5, 0.6) is 0 Å². The summed E-state index contributed by atoms with van der Waals surface area (Å²) in [5.74, 6) is 0.375. The summed E-state index contributed by atoms with van der Waals surface area (Å²) in [7, 11) is 0. The summed E-state index contributed by atoms with van der Waals surface area (Å²) in [6.45, 7) is 3.92. The van der Waals surface area contributed by atoms with E-state index >= 15 is 0 Å². The van der Waals surface area contributed by atoms with Gasteiger partial charge in [-0.1, -0.05) is 6.07 Å². The monoisotopic (exact) mass is 250 g/mol. The zero-order valence-corrected chi connectivity index (χ0v) is 10.5. The topological polar surface area (TPSA) is 66.6 Å². The van der Waals surface area contributed by atoms with Crippen molar-refractivity contribution in [3.8, 4) is 0 Å². The van der Waals surface area contributed by atoms with Crippen LogP contribution in [0.3, 0.4) is 0 Å². The summed E-state index contributed by atoms with van der Waals surface area (Å²) in [4.78, 5) is 12.6. The van der Waals surface area contributed by atoms with Crippen molar-refractivity contribution in [3.63, 3.8) is 0 Å². The Kier molecular flexibility index (Phi) is 3.81. The number of nitrogens with zero attached hydrogens (tertiary/aromatic N) is 2. The van der Waals surface area contributed by atoms with Gasteiger partial charge in [-0.25, -0.2) is 0 Å². The number of nitro benzene ring substituents is 1. The fraction of sp³-hybridized carbons (Fsp3) is 0.538. The Morgan fingerprint density at radius 1 is 1.44 bits per heavy atom. The summed E-state index contributed by atoms with van der Waals surface area (Å²) < 4.78 is 0. The average Bonchev–Trinajstić information content (AvgIpc) is 2.39. The SMILES string of the molecule is Cc1ccc([N+](=O)[O-])cc1N1CCC(CO)CC1. The number of piperidine rings is 1. The quantitative estimate of drug-likeness (QED) is 0.659. The second-order valence-corrected chi connectivity index (χ2v) is 4.84. The highest BCUT2D eigenvalue weighted by molar-refractivity contribution is 5.58. The van der Waals surface area contributed by atoms with Gasteiger partial charge < -0.3 is 10.0 Å². The van der Waals surface area contributed by atoms with Gasteiger partial charge in [0.25, 0.3) is 5.69 Å². The third kappa shape index (κ3) is 2.61. The van der Waals surface area contributed by atoms with Crippen molar-refractivity contribution in [2.45, 2.75) is 19.8 Å². The zero-order chi connectivity index (χ0) is 13.1. The van der Waals surface area contributed by atoms with Gasteiger partial charge in [-0.3, -0.25) is 10.1 Å². The van der Waals surface area contributed by atoms with E-state index in [1.807, 2.05) is 6.92 Å². The molecule has 1 saturated heterocycles. The van der Waals surface area contributed by atoms with Crippen molar-refractivity contribution in [1.82, 2.24) is 0 Å². The first kappa shape index (κ1) is 12.8. The predicted octanol–water partition coefficient (Wildman–Crippen LogP) is 2.11. The van der Waals surface area contributed by atoms with Crippen LogP contribution >= 0.6 is 0 Å². The number of benzene rings is 1. The first-order valence-corrected chi connectivity index (χ1v) is 6.22. The number of hydrogen-bond acceptors (Lipinski definition) is 4. The number of aliphatic hydroxyl groups excluding tert-OH is 1. The van der Waals surface area contributed by atoms with Crippen LogP contribution < -0.4 is 4.90 Å². The number of anilines is 1. The minimum atomic E-state index is -0.358. The third-order valence-electron chi connectivity index (χ3n) is 3.62. The molecule has 0 unspecified atom stereocenters. The maximum atomic E-state index is 10.8. The van der Waals surface area contributed by atoms with E-state index < -0.39 is 0 Å². The number of nitro groups is 1. The molecule has 0 aliphatic carbocycles. The van der Waals surface area contributed by atoms with Crippen LogP contribution in [0.2, 0.25) is 0 Å². The van der Waals surface area contributed by atoms with Gasteiger partial charge >= 0.3 is 0 Å². The Morgan fingerprint density at radius 2 is 2.11 bits per heavy atom. The Bertz CT molecular complexity index is 440. The minimum Gasteiger partial charge on any atom is -0.396 e. The van der Waals surface area contributed by atoms with Crippen LogP contribution in [0.4, 0.5) is 11.4 Å². The smallest absolute Gasteiger partial charge is 0.271 e. The van der Waals surface area contributed by atoms with Gasteiger partial charge in [0.1, 0.15) is 0 Å². The highest BCUT2D eigenvalue weighted by Crippen LogP contribution is 2.29. The summed E-state index contributed by atoms with van der Waals surface area (Å²) in [5.41, 5.74) is 2.14. The molecular formula is C13H18N2O3. The van der Waals surface area contributed by atoms with Crippen molar-refractivity contribution in [3.05, 3.63) is 33.9 Å². The van der Waals surface area contributed by atoms with E-state index in [-0.39, 0.29) is 17.2 Å². The first-order valence-electron chi connectivity index (χ1n) is 6.22. The highest BCUT2D eigenvalue weighted by atomic mass is 16.6. The first-order chi connectivity index (χ1) is 8.61. The standard InChI is InChI=1S/C13H18N2O3/c1-10-2-3-12(15(17)18)8-13(10)14-6-4-11(9-16)5-7-14/h2-3,8,11,16H,4-7,9H2,1H3. The van der Waals surface area contributed by atoms with E-state index in [4.69, 9.17) is 5.11 Å². The lowest BCUT2D eigenvalue weighted by Crippen LogP contribution is -2.35. The molecule has 0 atom stereocenters. The molecule has 98 valence electrons. The Labute approximate surface area is 106 Å². The molecular weight excluding hydrogens is 232 g/mol. The molecule has 1 aliphatic rings. The fourth-order valence-electron chi connectivity index (χ4n) is 2.41. The van der Waals surface area contributed by atoms with Crippen LogP contribution in [-0.4, -0.2) is 29.7 Å². The van der Waals surface area contributed by atoms with E-state index in [9.17, 15) is 10.1 Å². The van der Waals surface area contributed by atoms with Crippen LogP contribution in [0, 0.1) is 23.0 Å². The van der Waals surface area contributed by atoms with Crippen molar-refractivity contribution in [1.29, 1.82) is 0 Å². The van der Waals surface area contributed by atoms with Gasteiger partial charge in [0.2, 0.25) is 0 Å². The van der Waals surface area contributed by atoms with Crippen LogP contribution in [0.15, 0.2) is 18.2 Å². The highest BCUT2D eigenvalue weighted by Gasteiger charge is 2.21. The molecule has 1 fully saturated rings. The molecule has 0 radical (unpaired) electrons. The molecule has 1 heterocycles. The molecule has 1 N–H and O–H groups in total. The van der Waals surface area contributed by atoms with Crippen LogP contribution in [0.25, 0.3) is 0 Å². The molecule has 18 heavy (non-hydrogen) atoms. The number of aliphatic hydroxyl groups is 1. The number of non-ortho nitro benzene ring substituents is 1. The predicted molar refractivity (Wildman–Crippen MR) is 69.9 cm³/mol. The maximum Gasteiger partial charge on any atom is 0.271 e. The minimum absolute atomic E-state index is 0.139. The average molecular weight is 250 g/mol. The van der Waals surface area contributed by atoms with Crippen molar-refractivity contribution in [2.75, 3.05) is 24.6 Å². The lowest BCUT2D eigenvalue weighted by molar-refractivity contribution is -0.384. The molecule has 0 saturated carbocycles. The second kappa shape index (κ2) is 5.35. The Hall–Kier alpha value is -1.62. The lowest BCUT2D eigenvalue weighted by atomic mass is 9.97. The number of aryl methyl sites for hydroxylation is 1. The molecule has 1 aromatic rings. The lowest BCUT2D eigenvalue weighted by Gasteiger charge is -2.33. The molecule has 1 aromatic carbocycles. The molecule has 0 amide bonds. The number of rotatable bonds is 3. The molecule has 0 aromatic heterocycles. The van der Waals surface area contributed by atoms with Gasteiger partial charge in [0.05, 0.1) is 4.92 Å². The van der Waals surface area contributed by atoms with E-state index in [0.29, 0.717) is 5.92 Å². The Morgan fingerprint density at radius 3 is 2.67 bits per heavy atom. The summed E-state index contributed by atoms with van der Waals surface area (Å²) in [5, 5.41) is 19.9. The zero-order valence-electron chi connectivity index (χ0n) is 10.5. The summed E-state index contributed by atoms with van der Waals surface area (Å²) in [6, 6.07) is 4.99.